The minimum absolute atomic E-state index is 0.0853. The SMILES string of the molecule is O=C(c1ccc([N+](=O)[O-])cc1)C(C(=O)c1ccc([N+](=O)[O-])cc1)C1SC(c2ccccc2)C(O)N1c1ccccc1. The number of ketones is 2. The van der Waals surface area contributed by atoms with Crippen LogP contribution in [-0.4, -0.2) is 38.1 Å². The first-order valence-corrected chi connectivity index (χ1v) is 13.5. The molecule has 10 nitrogen and oxygen atoms in total. The highest BCUT2D eigenvalue weighted by Gasteiger charge is 2.50. The summed E-state index contributed by atoms with van der Waals surface area (Å²) in [5.74, 6) is -2.56. The second kappa shape index (κ2) is 11.7. The number of carbonyl (C=O) groups is 2. The largest absolute Gasteiger partial charge is 0.372 e. The standard InChI is InChI=1S/C30H23N3O7S/c34-26(19-11-15-23(16-12-19)32(37)38)25(27(35)20-13-17-24(18-14-20)33(39)40)30-31(22-9-5-2-6-10-22)29(36)28(41-30)21-7-3-1-4-8-21/h1-18,25,28-30,36H. The van der Waals surface area contributed by atoms with Gasteiger partial charge in [0.15, 0.2) is 11.6 Å². The van der Waals surface area contributed by atoms with Crippen LogP contribution in [0.3, 0.4) is 0 Å². The number of aliphatic hydroxyl groups is 1. The first kappa shape index (κ1) is 27.7. The fourth-order valence-corrected chi connectivity index (χ4v) is 6.52. The van der Waals surface area contributed by atoms with Crippen molar-refractivity contribution >= 4 is 40.4 Å². The number of hydrogen-bond donors (Lipinski definition) is 1. The van der Waals surface area contributed by atoms with Crippen LogP contribution in [0.4, 0.5) is 17.1 Å². The summed E-state index contributed by atoms with van der Waals surface area (Å²) in [4.78, 5) is 51.0. The molecule has 1 aliphatic heterocycles. The van der Waals surface area contributed by atoms with Crippen LogP contribution in [0.15, 0.2) is 109 Å². The number of aliphatic hydroxyl groups excluding tert-OH is 1. The Morgan fingerprint density at radius 3 is 1.59 bits per heavy atom. The van der Waals surface area contributed by atoms with Gasteiger partial charge in [0.05, 0.1) is 20.5 Å². The molecule has 1 saturated heterocycles. The third-order valence-corrected chi connectivity index (χ3v) is 8.46. The van der Waals surface area contributed by atoms with Crippen molar-refractivity contribution in [3.8, 4) is 0 Å². The molecule has 0 aliphatic carbocycles. The number of hydrogen-bond acceptors (Lipinski definition) is 9. The maximum absolute atomic E-state index is 14.1. The molecule has 1 aliphatic rings. The highest BCUT2D eigenvalue weighted by atomic mass is 32.2. The molecule has 3 unspecified atom stereocenters. The predicted octanol–water partition coefficient (Wildman–Crippen LogP) is 5.82. The zero-order valence-electron chi connectivity index (χ0n) is 21.3. The normalized spacial score (nSPS) is 18.3. The Hall–Kier alpha value is -4.87. The van der Waals surface area contributed by atoms with Gasteiger partial charge in [-0.1, -0.05) is 48.5 Å². The second-order valence-corrected chi connectivity index (χ2v) is 10.6. The van der Waals surface area contributed by atoms with Crippen molar-refractivity contribution < 1.29 is 24.5 Å². The molecule has 0 spiro atoms. The average molecular weight is 570 g/mol. The van der Waals surface area contributed by atoms with Crippen LogP contribution in [0.1, 0.15) is 31.5 Å². The molecule has 0 aromatic heterocycles. The van der Waals surface area contributed by atoms with Crippen molar-refractivity contribution in [1.29, 1.82) is 0 Å². The fraction of sp³-hybridized carbons (Fsp3) is 0.133. The van der Waals surface area contributed by atoms with Crippen molar-refractivity contribution in [1.82, 2.24) is 0 Å². The molecule has 0 radical (unpaired) electrons. The third-order valence-electron chi connectivity index (χ3n) is 6.87. The van der Waals surface area contributed by atoms with E-state index in [1.54, 1.807) is 29.2 Å². The van der Waals surface area contributed by atoms with Gasteiger partial charge in [0.25, 0.3) is 11.4 Å². The minimum Gasteiger partial charge on any atom is -0.372 e. The van der Waals surface area contributed by atoms with Gasteiger partial charge in [-0.05, 0) is 42.0 Å². The van der Waals surface area contributed by atoms with Crippen LogP contribution in [-0.2, 0) is 0 Å². The average Bonchev–Trinajstić information content (AvgIpc) is 3.34. The summed E-state index contributed by atoms with van der Waals surface area (Å²) in [5.41, 5.74) is 1.15. The van der Waals surface area contributed by atoms with E-state index in [-0.39, 0.29) is 22.5 Å². The summed E-state index contributed by atoms with van der Waals surface area (Å²) < 4.78 is 0. The molecule has 3 atom stereocenters. The third kappa shape index (κ3) is 5.58. The molecule has 1 fully saturated rings. The van der Waals surface area contributed by atoms with Crippen molar-refractivity contribution in [3.63, 3.8) is 0 Å². The summed E-state index contributed by atoms with van der Waals surface area (Å²) in [6, 6.07) is 28.1. The number of benzene rings is 4. The number of Topliss-reactive ketones (excluding diaryl/α,β-unsaturated/α-hetero) is 2. The quantitative estimate of drug-likeness (QED) is 0.114. The van der Waals surface area contributed by atoms with E-state index in [0.717, 1.165) is 5.56 Å². The number of nitro benzene ring substituents is 2. The van der Waals surface area contributed by atoms with Crippen LogP contribution in [0.25, 0.3) is 0 Å². The molecule has 0 bridgehead atoms. The van der Waals surface area contributed by atoms with Gasteiger partial charge in [-0.3, -0.25) is 29.8 Å². The lowest BCUT2D eigenvalue weighted by Gasteiger charge is -2.33. The number of carbonyl (C=O) groups excluding carboxylic acids is 2. The van der Waals surface area contributed by atoms with E-state index in [2.05, 4.69) is 0 Å². The molecule has 206 valence electrons. The molecular formula is C30H23N3O7S. The summed E-state index contributed by atoms with van der Waals surface area (Å²) in [5, 5.41) is 32.6. The Morgan fingerprint density at radius 1 is 0.707 bits per heavy atom. The molecule has 11 heteroatoms. The van der Waals surface area contributed by atoms with Crippen LogP contribution in [0.5, 0.6) is 0 Å². The summed E-state index contributed by atoms with van der Waals surface area (Å²) in [6.45, 7) is 0. The lowest BCUT2D eigenvalue weighted by molar-refractivity contribution is -0.385. The van der Waals surface area contributed by atoms with Crippen molar-refractivity contribution in [2.24, 2.45) is 5.92 Å². The Kier molecular flexibility index (Phi) is 7.90. The van der Waals surface area contributed by atoms with Crippen LogP contribution >= 0.6 is 11.8 Å². The fourth-order valence-electron chi connectivity index (χ4n) is 4.85. The summed E-state index contributed by atoms with van der Waals surface area (Å²) in [7, 11) is 0. The Balaban J connectivity index is 1.62. The molecule has 0 saturated carbocycles. The number of anilines is 1. The van der Waals surface area contributed by atoms with E-state index in [4.69, 9.17) is 0 Å². The van der Waals surface area contributed by atoms with Crippen LogP contribution in [0, 0.1) is 26.1 Å². The smallest absolute Gasteiger partial charge is 0.269 e. The molecule has 5 rings (SSSR count). The number of rotatable bonds is 9. The van der Waals surface area contributed by atoms with E-state index in [1.807, 2.05) is 36.4 Å². The van der Waals surface area contributed by atoms with Gasteiger partial charge in [-0.25, -0.2) is 0 Å². The van der Waals surface area contributed by atoms with Crippen LogP contribution < -0.4 is 4.90 Å². The Morgan fingerprint density at radius 2 is 1.15 bits per heavy atom. The second-order valence-electron chi connectivity index (χ2n) is 9.33. The summed E-state index contributed by atoms with van der Waals surface area (Å²) in [6.07, 6.45) is -1.10. The topological polar surface area (TPSA) is 144 Å². The van der Waals surface area contributed by atoms with E-state index in [9.17, 15) is 34.9 Å². The first-order chi connectivity index (χ1) is 19.8. The lowest BCUT2D eigenvalue weighted by Crippen LogP contribution is -2.46. The molecule has 4 aromatic carbocycles. The highest BCUT2D eigenvalue weighted by molar-refractivity contribution is 8.00. The minimum atomic E-state index is -1.37. The lowest BCUT2D eigenvalue weighted by atomic mass is 9.88. The number of nitro groups is 2. The van der Waals surface area contributed by atoms with Crippen LogP contribution in [0.2, 0.25) is 0 Å². The zero-order valence-corrected chi connectivity index (χ0v) is 22.2. The van der Waals surface area contributed by atoms with E-state index >= 15 is 0 Å². The van der Waals surface area contributed by atoms with Crippen molar-refractivity contribution in [3.05, 3.63) is 146 Å². The number of non-ortho nitro benzene ring substituents is 2. The molecular weight excluding hydrogens is 546 g/mol. The van der Waals surface area contributed by atoms with E-state index in [1.165, 1.54) is 60.3 Å². The molecule has 1 N–H and O–H groups in total. The first-order valence-electron chi connectivity index (χ1n) is 12.6. The van der Waals surface area contributed by atoms with Gasteiger partial charge in [0.2, 0.25) is 0 Å². The van der Waals surface area contributed by atoms with Gasteiger partial charge in [0, 0.05) is 41.1 Å². The molecule has 0 amide bonds. The van der Waals surface area contributed by atoms with Gasteiger partial charge >= 0.3 is 0 Å². The highest BCUT2D eigenvalue weighted by Crippen LogP contribution is 2.50. The van der Waals surface area contributed by atoms with Gasteiger partial charge < -0.3 is 10.0 Å². The molecule has 41 heavy (non-hydrogen) atoms. The van der Waals surface area contributed by atoms with Crippen molar-refractivity contribution in [2.45, 2.75) is 16.9 Å². The van der Waals surface area contributed by atoms with E-state index in [0.29, 0.717) is 5.69 Å². The van der Waals surface area contributed by atoms with Gasteiger partial charge in [0.1, 0.15) is 12.1 Å². The van der Waals surface area contributed by atoms with Crippen molar-refractivity contribution in [2.75, 3.05) is 4.90 Å². The zero-order chi connectivity index (χ0) is 29.1. The maximum atomic E-state index is 14.1. The Labute approximate surface area is 238 Å². The number of thioether (sulfide) groups is 1. The maximum Gasteiger partial charge on any atom is 0.269 e. The van der Waals surface area contributed by atoms with E-state index < -0.39 is 44.2 Å². The van der Waals surface area contributed by atoms with Gasteiger partial charge in [-0.15, -0.1) is 11.8 Å². The Bertz CT molecular complexity index is 1510. The number of para-hydroxylation sites is 1. The predicted molar refractivity (Wildman–Crippen MR) is 154 cm³/mol. The molecule has 4 aromatic rings. The summed E-state index contributed by atoms with van der Waals surface area (Å²) >= 11 is 1.26. The number of nitrogens with zero attached hydrogens (tertiary/aromatic N) is 3. The van der Waals surface area contributed by atoms with Gasteiger partial charge in [-0.2, -0.15) is 0 Å². The monoisotopic (exact) mass is 569 g/mol. The molecule has 1 heterocycles.